The Bertz CT molecular complexity index is 1380. The number of carbonyl (C=O) groups is 1. The first kappa shape index (κ1) is 21.9. The number of hydrogen-bond acceptors (Lipinski definition) is 6. The highest BCUT2D eigenvalue weighted by Crippen LogP contribution is 2.40. The summed E-state index contributed by atoms with van der Waals surface area (Å²) in [6, 6.07) is 8.22. The maximum absolute atomic E-state index is 15.3. The Morgan fingerprint density at radius 2 is 1.97 bits per heavy atom. The van der Waals surface area contributed by atoms with Crippen LogP contribution in [0.2, 0.25) is 0 Å². The van der Waals surface area contributed by atoms with E-state index in [0.29, 0.717) is 22.2 Å². The van der Waals surface area contributed by atoms with E-state index < -0.39 is 21.8 Å². The second kappa shape index (κ2) is 8.31. The molecular weight excluding hydrogens is 433 g/mol. The van der Waals surface area contributed by atoms with Gasteiger partial charge in [-0.15, -0.1) is 0 Å². The number of nitrogens with zero attached hydrogens (tertiary/aromatic N) is 2. The van der Waals surface area contributed by atoms with Gasteiger partial charge in [-0.05, 0) is 43.2 Å². The Balaban J connectivity index is 1.88. The fourth-order valence-corrected chi connectivity index (χ4v) is 4.76. The molecule has 2 heterocycles. The number of aromatic nitrogens is 2. The van der Waals surface area contributed by atoms with Gasteiger partial charge in [0, 0.05) is 29.3 Å². The van der Waals surface area contributed by atoms with Gasteiger partial charge in [-0.1, -0.05) is 19.1 Å². The predicted molar refractivity (Wildman–Crippen MR) is 121 cm³/mol. The van der Waals surface area contributed by atoms with Gasteiger partial charge in [0.25, 0.3) is 0 Å². The van der Waals surface area contributed by atoms with E-state index >= 15 is 4.39 Å². The molecule has 0 saturated carbocycles. The number of hydrogen-bond donors (Lipinski definition) is 1. The van der Waals surface area contributed by atoms with Gasteiger partial charge in [0.05, 0.1) is 28.5 Å². The molecule has 0 bridgehead atoms. The quantitative estimate of drug-likeness (QED) is 0.599. The van der Waals surface area contributed by atoms with E-state index in [0.717, 1.165) is 5.56 Å². The van der Waals surface area contributed by atoms with E-state index in [1.165, 1.54) is 13.0 Å². The van der Waals surface area contributed by atoms with E-state index in [-0.39, 0.29) is 40.6 Å². The van der Waals surface area contributed by atoms with Gasteiger partial charge in [-0.25, -0.2) is 22.6 Å². The molecule has 1 aliphatic rings. The van der Waals surface area contributed by atoms with Crippen molar-refractivity contribution in [3.63, 3.8) is 0 Å². The summed E-state index contributed by atoms with van der Waals surface area (Å²) in [6.07, 6.45) is 1.16. The molecule has 0 radical (unpaired) electrons. The van der Waals surface area contributed by atoms with Crippen LogP contribution in [-0.4, -0.2) is 36.8 Å². The lowest BCUT2D eigenvalue weighted by atomic mass is 10.1. The Morgan fingerprint density at radius 3 is 2.69 bits per heavy atom. The number of carbonyl (C=O) groups excluding carboxylic acids is 1. The molecule has 7 nitrogen and oxygen atoms in total. The minimum absolute atomic E-state index is 0.0201. The van der Waals surface area contributed by atoms with Crippen molar-refractivity contribution in [3.05, 3.63) is 59.0 Å². The van der Waals surface area contributed by atoms with Crippen LogP contribution in [0.3, 0.4) is 0 Å². The molecule has 0 atom stereocenters. The third-order valence-electron chi connectivity index (χ3n) is 5.25. The highest BCUT2D eigenvalue weighted by molar-refractivity contribution is 7.91. The van der Waals surface area contributed by atoms with Crippen molar-refractivity contribution in [2.45, 2.75) is 32.1 Å². The summed E-state index contributed by atoms with van der Waals surface area (Å²) >= 11 is 0. The summed E-state index contributed by atoms with van der Waals surface area (Å²) in [7, 11) is -3.69. The van der Waals surface area contributed by atoms with Crippen LogP contribution in [0.5, 0.6) is 0 Å². The van der Waals surface area contributed by atoms with Crippen LogP contribution in [0.15, 0.2) is 41.4 Å². The third-order valence-corrected chi connectivity index (χ3v) is 6.99. The Kier molecular flexibility index (Phi) is 5.68. The molecule has 9 heteroatoms. The first-order valence-corrected chi connectivity index (χ1v) is 11.8. The van der Waals surface area contributed by atoms with Gasteiger partial charge < -0.3 is 4.74 Å². The van der Waals surface area contributed by atoms with Crippen molar-refractivity contribution in [3.8, 4) is 0 Å². The molecule has 0 unspecified atom stereocenters. The van der Waals surface area contributed by atoms with Gasteiger partial charge in [-0.3, -0.25) is 10.3 Å². The summed E-state index contributed by atoms with van der Waals surface area (Å²) in [5.41, 5.74) is 2.91. The van der Waals surface area contributed by atoms with Crippen molar-refractivity contribution in [2.75, 3.05) is 17.7 Å². The van der Waals surface area contributed by atoms with Gasteiger partial charge in [-0.2, -0.15) is 0 Å². The van der Waals surface area contributed by atoms with Crippen LogP contribution in [-0.2, 0) is 21.0 Å². The smallest absolute Gasteiger partial charge is 0.411 e. The molecule has 1 N–H and O–H groups in total. The zero-order chi connectivity index (χ0) is 23.0. The number of halogens is 1. The predicted octanol–water partition coefficient (Wildman–Crippen LogP) is 4.69. The fraction of sp³-hybridized carbons (Fsp3) is 0.261. The molecule has 0 spiro atoms. The summed E-state index contributed by atoms with van der Waals surface area (Å²) in [6.45, 7) is 5.32. The third kappa shape index (κ3) is 3.95. The lowest BCUT2D eigenvalue weighted by molar-refractivity contribution is 0.168. The minimum Gasteiger partial charge on any atom is -0.450 e. The van der Waals surface area contributed by atoms with Gasteiger partial charge in [0.15, 0.2) is 15.7 Å². The number of amides is 1. The van der Waals surface area contributed by atoms with Crippen molar-refractivity contribution in [1.29, 1.82) is 0 Å². The molecule has 166 valence electrons. The van der Waals surface area contributed by atoms with E-state index in [1.807, 2.05) is 13.0 Å². The van der Waals surface area contributed by atoms with Crippen LogP contribution >= 0.6 is 0 Å². The first-order valence-electron chi connectivity index (χ1n) is 10.2. The van der Waals surface area contributed by atoms with Crippen LogP contribution in [0.25, 0.3) is 22.3 Å². The fourth-order valence-electron chi connectivity index (χ4n) is 3.68. The number of nitrogens with one attached hydrogen (secondary N) is 1. The number of ether oxygens (including phenoxy) is 1. The van der Waals surface area contributed by atoms with Gasteiger partial charge in [0.1, 0.15) is 5.69 Å². The molecule has 0 saturated heterocycles. The summed E-state index contributed by atoms with van der Waals surface area (Å²) in [5.74, 6) is -0.713. The highest BCUT2D eigenvalue weighted by Gasteiger charge is 2.30. The standard InChI is InChI=1S/C23H22FN3O4S/c1-4-31-23(28)26-16-7-6-14-10-19(32(29,30)5-2)22(27-18(14)11-16)17-9-15-8-13(3)12-25-21(15)20(17)24/h6-8,10-12H,4-5,9H2,1-3H3,(H,26,28). The Morgan fingerprint density at radius 1 is 1.19 bits per heavy atom. The number of fused-ring (bicyclic) bond motifs is 2. The van der Waals surface area contributed by atoms with Gasteiger partial charge >= 0.3 is 6.09 Å². The summed E-state index contributed by atoms with van der Waals surface area (Å²) in [4.78, 5) is 20.5. The van der Waals surface area contributed by atoms with Gasteiger partial charge in [0.2, 0.25) is 0 Å². The normalized spacial score (nSPS) is 13.4. The molecule has 3 aromatic rings. The molecule has 2 aromatic heterocycles. The second-order valence-electron chi connectivity index (χ2n) is 7.48. The topological polar surface area (TPSA) is 98.2 Å². The SMILES string of the molecule is CCOC(=O)Nc1ccc2cc(S(=O)(=O)CC)c(C3=C(F)c4ncc(C)cc4C3)nc2c1. The first-order chi connectivity index (χ1) is 15.2. The van der Waals surface area contributed by atoms with Crippen LogP contribution < -0.4 is 5.32 Å². The highest BCUT2D eigenvalue weighted by atomic mass is 32.2. The van der Waals surface area contributed by atoms with Crippen molar-refractivity contribution < 1.29 is 22.3 Å². The van der Waals surface area contributed by atoms with Crippen molar-refractivity contribution >= 4 is 43.9 Å². The molecule has 1 aromatic carbocycles. The Hall–Kier alpha value is -3.33. The van der Waals surface area contributed by atoms with E-state index in [2.05, 4.69) is 15.3 Å². The maximum atomic E-state index is 15.3. The molecule has 4 rings (SSSR count). The van der Waals surface area contributed by atoms with Crippen molar-refractivity contribution in [1.82, 2.24) is 9.97 Å². The molecular formula is C23H22FN3O4S. The lowest BCUT2D eigenvalue weighted by Gasteiger charge is -2.13. The number of sulfone groups is 1. The largest absolute Gasteiger partial charge is 0.450 e. The lowest BCUT2D eigenvalue weighted by Crippen LogP contribution is -2.13. The van der Waals surface area contributed by atoms with E-state index in [9.17, 15) is 13.2 Å². The van der Waals surface area contributed by atoms with Crippen molar-refractivity contribution in [2.24, 2.45) is 0 Å². The monoisotopic (exact) mass is 455 g/mol. The summed E-state index contributed by atoms with van der Waals surface area (Å²) in [5, 5.41) is 3.15. The number of anilines is 1. The summed E-state index contributed by atoms with van der Waals surface area (Å²) < 4.78 is 45.9. The molecule has 0 fully saturated rings. The average molecular weight is 456 g/mol. The molecule has 32 heavy (non-hydrogen) atoms. The number of aryl methyl sites for hydroxylation is 1. The maximum Gasteiger partial charge on any atom is 0.411 e. The van der Waals surface area contributed by atoms with Crippen LogP contribution in [0, 0.1) is 6.92 Å². The Labute approximate surface area is 185 Å². The molecule has 1 aliphatic carbocycles. The van der Waals surface area contributed by atoms with Crippen LogP contribution in [0.4, 0.5) is 14.9 Å². The van der Waals surface area contributed by atoms with E-state index in [4.69, 9.17) is 4.74 Å². The zero-order valence-electron chi connectivity index (χ0n) is 17.9. The average Bonchev–Trinajstić information content (AvgIpc) is 3.08. The number of rotatable bonds is 5. The molecule has 0 aliphatic heterocycles. The molecule has 1 amide bonds. The number of allylic oxidation sites excluding steroid dienone is 1. The minimum atomic E-state index is -3.69. The van der Waals surface area contributed by atoms with Crippen LogP contribution in [0.1, 0.15) is 36.4 Å². The van der Waals surface area contributed by atoms with E-state index in [1.54, 1.807) is 31.3 Å². The zero-order valence-corrected chi connectivity index (χ0v) is 18.7. The number of pyridine rings is 2. The number of benzene rings is 1. The second-order valence-corrected chi connectivity index (χ2v) is 9.73.